The molecule has 0 aromatic rings. The molecule has 508 valence electrons. The quantitative estimate of drug-likeness (QED) is 0.0205. The molecule has 1 amide bonds. The zero-order valence-electron chi connectivity index (χ0n) is 53.3. The van der Waals surface area contributed by atoms with E-state index >= 15 is 0 Å². The number of amides is 1. The van der Waals surface area contributed by atoms with Crippen LogP contribution in [0.1, 0.15) is 149 Å². The van der Waals surface area contributed by atoms with Gasteiger partial charge in [0.05, 0.1) is 38.6 Å². The number of aliphatic hydroxyl groups is 11. The van der Waals surface area contributed by atoms with Crippen molar-refractivity contribution in [3.63, 3.8) is 0 Å². The average Bonchev–Trinajstić information content (AvgIpc) is 1.08. The summed E-state index contributed by atoms with van der Waals surface area (Å²) in [6.45, 7) is 1.38. The van der Waals surface area contributed by atoms with E-state index in [1.165, 1.54) is 0 Å². The number of allylic oxidation sites excluding steroid dienone is 25. The third-order valence-electron chi connectivity index (χ3n) is 15.0. The zero-order chi connectivity index (χ0) is 65.4. The molecule has 12 N–H and O–H groups in total. The van der Waals surface area contributed by atoms with E-state index in [0.29, 0.717) is 12.8 Å². The van der Waals surface area contributed by atoms with E-state index in [0.717, 1.165) is 116 Å². The number of carbonyl (C=O) groups excluding carboxylic acids is 1. The second-order valence-corrected chi connectivity index (χ2v) is 22.4. The van der Waals surface area contributed by atoms with Crippen molar-refractivity contribution in [1.29, 1.82) is 0 Å². The first-order chi connectivity index (χ1) is 43.8. The lowest BCUT2D eigenvalue weighted by atomic mass is 9.96. The number of hydrogen-bond donors (Lipinski definition) is 12. The average molecular weight is 1270 g/mol. The van der Waals surface area contributed by atoms with Crippen LogP contribution in [0.15, 0.2) is 158 Å². The van der Waals surface area contributed by atoms with Crippen LogP contribution in [0.3, 0.4) is 0 Å². The molecule has 0 saturated carbocycles. The summed E-state index contributed by atoms with van der Waals surface area (Å²) in [6.07, 6.45) is 46.8. The minimum absolute atomic E-state index is 0.190. The van der Waals surface area contributed by atoms with Crippen LogP contribution in [-0.2, 0) is 33.2 Å². The van der Waals surface area contributed by atoms with Crippen molar-refractivity contribution in [2.45, 2.75) is 253 Å². The van der Waals surface area contributed by atoms with Gasteiger partial charge in [0.2, 0.25) is 5.91 Å². The van der Waals surface area contributed by atoms with Crippen molar-refractivity contribution >= 4 is 5.91 Å². The minimum atomic E-state index is -1.99. The normalized spacial score (nSPS) is 29.1. The van der Waals surface area contributed by atoms with Gasteiger partial charge in [0.15, 0.2) is 18.9 Å². The van der Waals surface area contributed by atoms with Gasteiger partial charge in [0, 0.05) is 6.42 Å². The van der Waals surface area contributed by atoms with E-state index in [4.69, 9.17) is 28.4 Å². The molecule has 3 aliphatic heterocycles. The van der Waals surface area contributed by atoms with Gasteiger partial charge < -0.3 is 89.9 Å². The monoisotopic (exact) mass is 1270 g/mol. The van der Waals surface area contributed by atoms with Crippen LogP contribution in [0.25, 0.3) is 0 Å². The van der Waals surface area contributed by atoms with Crippen LogP contribution in [-0.4, -0.2) is 193 Å². The molecule has 0 aliphatic carbocycles. The Morgan fingerprint density at radius 1 is 0.400 bits per heavy atom. The Hall–Kier alpha value is -4.59. The summed E-state index contributed by atoms with van der Waals surface area (Å²) in [5, 5.41) is 120. The maximum Gasteiger partial charge on any atom is 0.220 e. The van der Waals surface area contributed by atoms with Crippen molar-refractivity contribution in [1.82, 2.24) is 5.32 Å². The van der Waals surface area contributed by atoms with Gasteiger partial charge in [-0.3, -0.25) is 4.79 Å². The topological polar surface area (TPSA) is 307 Å². The highest BCUT2D eigenvalue weighted by atomic mass is 16.8. The largest absolute Gasteiger partial charge is 0.394 e. The molecule has 3 heterocycles. The van der Waals surface area contributed by atoms with E-state index in [1.54, 1.807) is 12.2 Å². The Morgan fingerprint density at radius 3 is 1.19 bits per heavy atom. The summed E-state index contributed by atoms with van der Waals surface area (Å²) in [7, 11) is 0. The van der Waals surface area contributed by atoms with Crippen LogP contribution in [0.4, 0.5) is 0 Å². The summed E-state index contributed by atoms with van der Waals surface area (Å²) in [4.78, 5) is 13.3. The number of nitrogens with one attached hydrogen (secondary N) is 1. The molecule has 3 rings (SSSR count). The molecule has 19 nitrogen and oxygen atoms in total. The van der Waals surface area contributed by atoms with E-state index in [2.05, 4.69) is 165 Å². The Morgan fingerprint density at radius 2 is 0.744 bits per heavy atom. The van der Waals surface area contributed by atoms with Crippen molar-refractivity contribution in [2.24, 2.45) is 0 Å². The molecule has 0 aromatic carbocycles. The first-order valence-electron chi connectivity index (χ1n) is 32.7. The number of ether oxygens (including phenoxy) is 6. The highest BCUT2D eigenvalue weighted by Crippen LogP contribution is 2.33. The lowest BCUT2D eigenvalue weighted by molar-refractivity contribution is -0.379. The van der Waals surface area contributed by atoms with Gasteiger partial charge in [-0.2, -0.15) is 0 Å². The Labute approximate surface area is 535 Å². The number of rotatable bonds is 46. The SMILES string of the molecule is CC/C=C\C/C=C\C/C=C\C/C=C\C/C=C\C/C=C\C/C=C\C/C=C\C/C=C\C/C=C\CCCCCCC(=O)NC(COC1OC(CO)C(OC2OC(CO)C(OC3OC(CO)C(O)C(O)C3O)C(O)C2O)C(O)C1O)C(O)/C=C/CC/C=C/CC/C=C/CC. The Bertz CT molecular complexity index is 2250. The van der Waals surface area contributed by atoms with Gasteiger partial charge in [0.25, 0.3) is 0 Å². The van der Waals surface area contributed by atoms with Gasteiger partial charge in [-0.05, 0) is 116 Å². The predicted octanol–water partition coefficient (Wildman–Crippen LogP) is 7.76. The third-order valence-corrected chi connectivity index (χ3v) is 15.0. The highest BCUT2D eigenvalue weighted by molar-refractivity contribution is 5.76. The molecular weight excluding hydrogens is 1150 g/mol. The fraction of sp³-hybridized carbons (Fsp3) is 0.620. The molecule has 0 radical (unpaired) electrons. The van der Waals surface area contributed by atoms with Crippen LogP contribution >= 0.6 is 0 Å². The number of aliphatic hydroxyl groups excluding tert-OH is 11. The molecule has 17 atom stereocenters. The minimum Gasteiger partial charge on any atom is -0.394 e. The van der Waals surface area contributed by atoms with E-state index in [-0.39, 0.29) is 12.3 Å². The summed E-state index contributed by atoms with van der Waals surface area (Å²) in [6, 6.07) is -1.02. The van der Waals surface area contributed by atoms with Crippen molar-refractivity contribution in [3.05, 3.63) is 158 Å². The molecular formula is C71H111NO18. The highest BCUT2D eigenvalue weighted by Gasteiger charge is 2.53. The number of carbonyl (C=O) groups is 1. The predicted molar refractivity (Wildman–Crippen MR) is 350 cm³/mol. The van der Waals surface area contributed by atoms with E-state index < -0.39 is 131 Å². The lowest BCUT2D eigenvalue weighted by Crippen LogP contribution is -2.66. The van der Waals surface area contributed by atoms with Gasteiger partial charge in [0.1, 0.15) is 73.2 Å². The lowest BCUT2D eigenvalue weighted by Gasteiger charge is -2.48. The number of unbranched alkanes of at least 4 members (excludes halogenated alkanes) is 6. The van der Waals surface area contributed by atoms with Gasteiger partial charge >= 0.3 is 0 Å². The number of hydrogen-bond acceptors (Lipinski definition) is 18. The zero-order valence-corrected chi connectivity index (χ0v) is 53.3. The van der Waals surface area contributed by atoms with Gasteiger partial charge in [-0.25, -0.2) is 0 Å². The molecule has 3 saturated heterocycles. The van der Waals surface area contributed by atoms with Gasteiger partial charge in [-0.1, -0.05) is 185 Å². The maximum absolute atomic E-state index is 13.3. The molecule has 3 fully saturated rings. The van der Waals surface area contributed by atoms with Gasteiger partial charge in [-0.15, -0.1) is 0 Å². The fourth-order valence-corrected chi connectivity index (χ4v) is 9.78. The summed E-state index contributed by atoms with van der Waals surface area (Å²) < 4.78 is 34.2. The van der Waals surface area contributed by atoms with E-state index in [9.17, 15) is 61.0 Å². The summed E-state index contributed by atoms with van der Waals surface area (Å²) in [5.74, 6) is -0.326. The smallest absolute Gasteiger partial charge is 0.220 e. The fourth-order valence-electron chi connectivity index (χ4n) is 9.78. The summed E-state index contributed by atoms with van der Waals surface area (Å²) in [5.41, 5.74) is 0. The molecule has 0 spiro atoms. The molecule has 0 bridgehead atoms. The van der Waals surface area contributed by atoms with Crippen molar-refractivity contribution < 1.29 is 89.4 Å². The van der Waals surface area contributed by atoms with E-state index in [1.807, 2.05) is 0 Å². The second-order valence-electron chi connectivity index (χ2n) is 22.4. The molecule has 0 aromatic heterocycles. The standard InChI is InChI=1S/C71H111NO18/c1-3-5-7-9-11-13-15-16-17-18-19-20-21-22-23-24-25-26-27-28-29-30-31-32-33-34-35-36-37-38-39-41-43-45-47-49-59(77)72-54(55(76)48-46-44-42-40-14-12-10-8-6-4-2)53-85-69-65(83)62(80)67(57(51-74)87-69)90-71-66(84)63(81)68(58(52-75)88-71)89-70-64(82)61(79)60(78)56(50-73)86-70/h5-8,11,13-14,16-17,19-20,22-23,25-26,28-29,31-32,34-35,37-38,40,46,48,54-58,60-71,73-76,78-84H,3-4,9-10,12,15,18,21,24,27,30,33,36,39,41-45,47,49-53H2,1-2H3,(H,72,77)/b7-5-,8-6+,13-11-,17-16-,20-19-,23-22-,26-25-,29-28-,32-31-,35-34-,38-37-,40-14+,48-46+. The Kier molecular flexibility index (Phi) is 45.0. The van der Waals surface area contributed by atoms with Crippen LogP contribution < -0.4 is 5.32 Å². The first-order valence-corrected chi connectivity index (χ1v) is 32.7. The third kappa shape index (κ3) is 32.8. The van der Waals surface area contributed by atoms with Crippen molar-refractivity contribution in [2.75, 3.05) is 26.4 Å². The second kappa shape index (κ2) is 50.9. The van der Waals surface area contributed by atoms with Crippen LogP contribution in [0.2, 0.25) is 0 Å². The molecule has 17 unspecified atom stereocenters. The first kappa shape index (κ1) is 79.6. The summed E-state index contributed by atoms with van der Waals surface area (Å²) >= 11 is 0. The Balaban J connectivity index is 1.39. The van der Waals surface area contributed by atoms with Crippen LogP contribution in [0.5, 0.6) is 0 Å². The molecule has 19 heteroatoms. The molecule has 3 aliphatic rings. The molecule has 90 heavy (non-hydrogen) atoms. The van der Waals surface area contributed by atoms with Crippen LogP contribution in [0, 0.1) is 0 Å². The van der Waals surface area contributed by atoms with Crippen molar-refractivity contribution in [3.8, 4) is 0 Å². The maximum atomic E-state index is 13.3.